The van der Waals surface area contributed by atoms with Crippen LogP contribution in [-0.4, -0.2) is 34.6 Å². The molecule has 2 aliphatic heterocycles. The maximum atomic E-state index is 12.3. The van der Waals surface area contributed by atoms with E-state index in [1.807, 2.05) is 19.1 Å². The third kappa shape index (κ3) is 3.68. The third-order valence-corrected chi connectivity index (χ3v) is 4.55. The minimum absolute atomic E-state index is 0. The molecule has 2 aliphatic rings. The van der Waals surface area contributed by atoms with Crippen molar-refractivity contribution in [2.24, 2.45) is 0 Å². The number of H-pyrrole nitrogens is 1. The lowest BCUT2D eigenvalue weighted by molar-refractivity contribution is -0.145. The topological polar surface area (TPSA) is 93.3 Å². The van der Waals surface area contributed by atoms with Crippen LogP contribution in [0.2, 0.25) is 0 Å². The minimum Gasteiger partial charge on any atom is -0.497 e. The van der Waals surface area contributed by atoms with Crippen LogP contribution in [0.3, 0.4) is 0 Å². The Bertz CT molecular complexity index is 947. The van der Waals surface area contributed by atoms with Gasteiger partial charge in [-0.25, -0.2) is 9.78 Å². The highest BCUT2D eigenvalue weighted by Crippen LogP contribution is 2.25. The van der Waals surface area contributed by atoms with Crippen LogP contribution in [0, 0.1) is 0 Å². The molecule has 2 aromatic heterocycles. The molecule has 1 saturated heterocycles. The molecule has 0 saturated carbocycles. The number of ketones is 1. The number of aromatic amines is 1. The van der Waals surface area contributed by atoms with Crippen LogP contribution in [0.1, 0.15) is 31.7 Å². The number of carbonyl (C=O) groups excluding carboxylic acids is 2. The van der Waals surface area contributed by atoms with Crippen molar-refractivity contribution in [2.75, 3.05) is 6.61 Å². The van der Waals surface area contributed by atoms with Gasteiger partial charge < -0.3 is 19.8 Å². The zero-order valence-corrected chi connectivity index (χ0v) is 15.6. The van der Waals surface area contributed by atoms with Crippen molar-refractivity contribution >= 4 is 41.3 Å². The van der Waals surface area contributed by atoms with E-state index in [0.717, 1.165) is 16.6 Å². The Labute approximate surface area is 162 Å². The Morgan fingerprint density at radius 1 is 1.48 bits per heavy atom. The Balaban J connectivity index is 0.00000210. The van der Waals surface area contributed by atoms with Gasteiger partial charge in [0.2, 0.25) is 0 Å². The Hall–Kier alpha value is -2.80. The molecule has 0 spiro atoms. The second-order valence-corrected chi connectivity index (χ2v) is 6.22. The molecule has 27 heavy (non-hydrogen) atoms. The van der Waals surface area contributed by atoms with Gasteiger partial charge in [-0.1, -0.05) is 6.92 Å². The summed E-state index contributed by atoms with van der Waals surface area (Å²) in [5.74, 6) is 0.178. The lowest BCUT2D eigenvalue weighted by Crippen LogP contribution is -2.27. The quantitative estimate of drug-likeness (QED) is 0.617. The van der Waals surface area contributed by atoms with Crippen LogP contribution in [-0.2, 0) is 19.1 Å². The van der Waals surface area contributed by atoms with Gasteiger partial charge in [-0.15, -0.1) is 12.4 Å². The number of esters is 1. The van der Waals surface area contributed by atoms with Crippen LogP contribution in [0.5, 0.6) is 0 Å². The van der Waals surface area contributed by atoms with E-state index >= 15 is 0 Å². The molecule has 1 fully saturated rings. The average molecular weight is 390 g/mol. The van der Waals surface area contributed by atoms with Crippen LogP contribution in [0.15, 0.2) is 41.6 Å². The van der Waals surface area contributed by atoms with Crippen molar-refractivity contribution in [1.29, 1.82) is 0 Å². The van der Waals surface area contributed by atoms with Gasteiger partial charge in [0.25, 0.3) is 0 Å². The number of hydrogen-bond donors (Lipinski definition) is 2. The van der Waals surface area contributed by atoms with Crippen molar-refractivity contribution in [1.82, 2.24) is 15.3 Å². The molecule has 0 aromatic carbocycles. The van der Waals surface area contributed by atoms with Crippen molar-refractivity contribution in [3.8, 4) is 0 Å². The summed E-state index contributed by atoms with van der Waals surface area (Å²) in [4.78, 5) is 31.9. The number of nitrogens with one attached hydrogen (secondary N) is 2. The fraction of sp³-hybridized carbons (Fsp3) is 0.316. The summed E-state index contributed by atoms with van der Waals surface area (Å²) in [5.41, 5.74) is 2.62. The number of aromatic nitrogens is 2. The summed E-state index contributed by atoms with van der Waals surface area (Å²) in [6.07, 6.45) is 5.92. The molecule has 0 bridgehead atoms. The molecule has 8 heteroatoms. The van der Waals surface area contributed by atoms with Gasteiger partial charge in [-0.3, -0.25) is 4.79 Å². The lowest BCUT2D eigenvalue weighted by atomic mass is 10.1. The van der Waals surface area contributed by atoms with Crippen molar-refractivity contribution < 1.29 is 19.1 Å². The second kappa shape index (κ2) is 7.84. The zero-order chi connectivity index (χ0) is 18.1. The fourth-order valence-electron chi connectivity index (χ4n) is 3.26. The lowest BCUT2D eigenvalue weighted by Gasteiger charge is -2.12. The van der Waals surface area contributed by atoms with Gasteiger partial charge in [0.1, 0.15) is 11.4 Å². The molecule has 1 atom stereocenters. The molecule has 4 heterocycles. The number of pyridine rings is 1. The summed E-state index contributed by atoms with van der Waals surface area (Å²) in [6.45, 7) is 2.44. The smallest absolute Gasteiger partial charge is 0.339 e. The van der Waals surface area contributed by atoms with Gasteiger partial charge in [0.05, 0.1) is 24.3 Å². The van der Waals surface area contributed by atoms with Crippen LogP contribution < -0.4 is 5.32 Å². The molecular formula is C19H20ClN3O4. The summed E-state index contributed by atoms with van der Waals surface area (Å²) in [6, 6.07) is 3.77. The van der Waals surface area contributed by atoms with E-state index in [4.69, 9.17) is 9.47 Å². The van der Waals surface area contributed by atoms with Gasteiger partial charge in [0, 0.05) is 36.2 Å². The first-order valence-corrected chi connectivity index (χ1v) is 8.65. The molecule has 2 N–H and O–H groups in total. The average Bonchev–Trinajstić information content (AvgIpc) is 3.35. The molecular weight excluding hydrogens is 370 g/mol. The predicted molar refractivity (Wildman–Crippen MR) is 102 cm³/mol. The first kappa shape index (κ1) is 19.0. The SMILES string of the molecule is CCC1=C(C(=O)OC2CC(=O)/C(=C/c3c[nH]c4ncccc34)N2)CCO1.Cl. The van der Waals surface area contributed by atoms with E-state index in [2.05, 4.69) is 15.3 Å². The number of halogens is 1. The first-order chi connectivity index (χ1) is 12.7. The molecule has 0 amide bonds. The predicted octanol–water partition coefficient (Wildman–Crippen LogP) is 2.84. The number of carbonyl (C=O) groups is 2. The molecule has 0 aliphatic carbocycles. The van der Waals surface area contributed by atoms with Crippen LogP contribution in [0.4, 0.5) is 0 Å². The monoisotopic (exact) mass is 389 g/mol. The molecule has 142 valence electrons. The fourth-order valence-corrected chi connectivity index (χ4v) is 3.26. The first-order valence-electron chi connectivity index (χ1n) is 8.65. The second-order valence-electron chi connectivity index (χ2n) is 6.22. The van der Waals surface area contributed by atoms with Gasteiger partial charge in [0.15, 0.2) is 12.0 Å². The molecule has 4 rings (SSSR count). The Morgan fingerprint density at radius 2 is 2.33 bits per heavy atom. The van der Waals surface area contributed by atoms with Crippen molar-refractivity contribution in [2.45, 2.75) is 32.4 Å². The van der Waals surface area contributed by atoms with Crippen molar-refractivity contribution in [3.63, 3.8) is 0 Å². The summed E-state index contributed by atoms with van der Waals surface area (Å²) >= 11 is 0. The van der Waals surface area contributed by atoms with E-state index in [-0.39, 0.29) is 24.6 Å². The number of nitrogens with zero attached hydrogens (tertiary/aromatic N) is 1. The summed E-state index contributed by atoms with van der Waals surface area (Å²) in [5, 5.41) is 3.93. The number of rotatable bonds is 4. The molecule has 2 aromatic rings. The van der Waals surface area contributed by atoms with Gasteiger partial charge in [-0.2, -0.15) is 0 Å². The third-order valence-electron chi connectivity index (χ3n) is 4.55. The van der Waals surface area contributed by atoms with E-state index < -0.39 is 12.2 Å². The largest absolute Gasteiger partial charge is 0.497 e. The number of allylic oxidation sites excluding steroid dienone is 2. The number of fused-ring (bicyclic) bond motifs is 1. The molecule has 1 unspecified atom stereocenters. The summed E-state index contributed by atoms with van der Waals surface area (Å²) < 4.78 is 10.9. The Kier molecular flexibility index (Phi) is 5.51. The van der Waals surface area contributed by atoms with Gasteiger partial charge in [-0.05, 0) is 18.2 Å². The van der Waals surface area contributed by atoms with Crippen LogP contribution in [0.25, 0.3) is 17.1 Å². The number of Topliss-reactive ketones (excluding diaryl/α,β-unsaturated/α-hetero) is 1. The van der Waals surface area contributed by atoms with E-state index in [1.165, 1.54) is 0 Å². The highest BCUT2D eigenvalue weighted by Gasteiger charge is 2.32. The van der Waals surface area contributed by atoms with Crippen molar-refractivity contribution in [3.05, 3.63) is 47.1 Å². The standard InChI is InChI=1S/C19H19N3O4.ClH/c1-2-16-13(5-7-25-16)19(24)26-17-9-15(23)14(22-17)8-11-10-21-18-12(11)4-3-6-20-18;/h3-4,6,8,10,17,22H,2,5,7,9H2,1H3,(H,20,21);1H/b14-8-;. The van der Waals surface area contributed by atoms with Crippen LogP contribution >= 0.6 is 12.4 Å². The van der Waals surface area contributed by atoms with Gasteiger partial charge >= 0.3 is 5.97 Å². The number of hydrogen-bond acceptors (Lipinski definition) is 6. The maximum Gasteiger partial charge on any atom is 0.339 e. The zero-order valence-electron chi connectivity index (χ0n) is 14.8. The number of ether oxygens (including phenoxy) is 2. The highest BCUT2D eigenvalue weighted by molar-refractivity contribution is 6.03. The molecule has 7 nitrogen and oxygen atoms in total. The molecule has 0 radical (unpaired) electrons. The van der Waals surface area contributed by atoms with E-state index in [1.54, 1.807) is 18.5 Å². The Morgan fingerprint density at radius 3 is 3.15 bits per heavy atom. The summed E-state index contributed by atoms with van der Waals surface area (Å²) in [7, 11) is 0. The normalized spacial score (nSPS) is 20.6. The highest BCUT2D eigenvalue weighted by atomic mass is 35.5. The minimum atomic E-state index is -0.657. The maximum absolute atomic E-state index is 12.3. The van der Waals surface area contributed by atoms with E-state index in [0.29, 0.717) is 36.5 Å². The van der Waals surface area contributed by atoms with E-state index in [9.17, 15) is 9.59 Å².